The first kappa shape index (κ1) is 13.8. The highest BCUT2D eigenvalue weighted by molar-refractivity contribution is 5.07. The number of hydrogen-bond donors (Lipinski definition) is 1. The van der Waals surface area contributed by atoms with Crippen molar-refractivity contribution in [2.75, 3.05) is 52.9 Å². The van der Waals surface area contributed by atoms with Gasteiger partial charge in [0, 0.05) is 43.8 Å². The standard InChI is InChI=1S/C15H30N4/c1-14(2)12-19(9-8-17(14)3)15(11-16)5-7-18-6-4-13(15)10-18/h13H,4-12,16H2,1-3H3. The third kappa shape index (κ3) is 2.13. The van der Waals surface area contributed by atoms with Crippen LogP contribution < -0.4 is 5.73 Å². The average Bonchev–Trinajstić information content (AvgIpc) is 2.78. The summed E-state index contributed by atoms with van der Waals surface area (Å²) in [6, 6.07) is 0. The zero-order chi connectivity index (χ0) is 13.7. The summed E-state index contributed by atoms with van der Waals surface area (Å²) in [5.41, 5.74) is 6.86. The molecule has 0 spiro atoms. The van der Waals surface area contributed by atoms with E-state index in [0.29, 0.717) is 0 Å². The lowest BCUT2D eigenvalue weighted by atomic mass is 9.76. The molecule has 3 unspecified atom stereocenters. The summed E-state index contributed by atoms with van der Waals surface area (Å²) < 4.78 is 0. The molecule has 4 nitrogen and oxygen atoms in total. The van der Waals surface area contributed by atoms with Crippen LogP contribution in [0.2, 0.25) is 0 Å². The molecule has 2 N–H and O–H groups in total. The van der Waals surface area contributed by atoms with E-state index < -0.39 is 0 Å². The number of piperazine rings is 1. The van der Waals surface area contributed by atoms with Crippen molar-refractivity contribution in [1.82, 2.24) is 14.7 Å². The predicted molar refractivity (Wildman–Crippen MR) is 79.2 cm³/mol. The minimum absolute atomic E-state index is 0.274. The summed E-state index contributed by atoms with van der Waals surface area (Å²) in [7, 11) is 2.25. The summed E-state index contributed by atoms with van der Waals surface area (Å²) in [5.74, 6) is 0.797. The smallest absolute Gasteiger partial charge is 0.0385 e. The molecule has 3 heterocycles. The number of nitrogens with zero attached hydrogens (tertiary/aromatic N) is 3. The lowest BCUT2D eigenvalue weighted by molar-refractivity contribution is -0.0599. The molecule has 0 aromatic rings. The maximum Gasteiger partial charge on any atom is 0.0385 e. The van der Waals surface area contributed by atoms with E-state index in [0.717, 1.165) is 19.0 Å². The fourth-order valence-corrected chi connectivity index (χ4v) is 4.46. The molecule has 3 aliphatic rings. The Labute approximate surface area is 117 Å². The van der Waals surface area contributed by atoms with Gasteiger partial charge in [-0.05, 0) is 52.7 Å². The Kier molecular flexibility index (Phi) is 3.41. The molecular formula is C15H30N4. The van der Waals surface area contributed by atoms with Crippen LogP contribution in [0.1, 0.15) is 26.7 Å². The number of piperidine rings is 1. The van der Waals surface area contributed by atoms with Crippen molar-refractivity contribution < 1.29 is 0 Å². The van der Waals surface area contributed by atoms with E-state index in [1.54, 1.807) is 0 Å². The second-order valence-corrected chi connectivity index (χ2v) is 7.50. The quantitative estimate of drug-likeness (QED) is 0.786. The highest BCUT2D eigenvalue weighted by atomic mass is 15.3. The normalized spacial score (nSPS) is 43.6. The summed E-state index contributed by atoms with van der Waals surface area (Å²) in [6.07, 6.45) is 2.62. The number of likely N-dealkylation sites (N-methyl/N-ethyl adjacent to an activating group) is 1. The fraction of sp³-hybridized carbons (Fsp3) is 1.00. The molecule has 3 saturated heterocycles. The minimum atomic E-state index is 0.274. The van der Waals surface area contributed by atoms with Crippen LogP contribution in [0.25, 0.3) is 0 Å². The first-order valence-corrected chi connectivity index (χ1v) is 7.87. The van der Waals surface area contributed by atoms with E-state index in [-0.39, 0.29) is 11.1 Å². The summed E-state index contributed by atoms with van der Waals surface area (Å²) in [4.78, 5) is 7.87. The Morgan fingerprint density at radius 2 is 1.95 bits per heavy atom. The van der Waals surface area contributed by atoms with Crippen molar-refractivity contribution in [2.45, 2.75) is 37.8 Å². The molecular weight excluding hydrogens is 236 g/mol. The third-order valence-corrected chi connectivity index (χ3v) is 6.19. The number of hydrogen-bond acceptors (Lipinski definition) is 4. The highest BCUT2D eigenvalue weighted by Crippen LogP contribution is 2.41. The number of nitrogens with two attached hydrogens (primary N) is 1. The maximum atomic E-state index is 6.30. The SMILES string of the molecule is CN1CCN(C2(CN)CCN3CCC2C3)CC1(C)C. The van der Waals surface area contributed by atoms with Gasteiger partial charge in [0.05, 0.1) is 0 Å². The van der Waals surface area contributed by atoms with Gasteiger partial charge < -0.3 is 10.6 Å². The van der Waals surface area contributed by atoms with Crippen molar-refractivity contribution >= 4 is 0 Å². The highest BCUT2D eigenvalue weighted by Gasteiger charge is 2.50. The molecule has 0 aliphatic carbocycles. The van der Waals surface area contributed by atoms with Crippen molar-refractivity contribution in [3.63, 3.8) is 0 Å². The van der Waals surface area contributed by atoms with E-state index in [9.17, 15) is 0 Å². The van der Waals surface area contributed by atoms with Gasteiger partial charge in [0.1, 0.15) is 0 Å². The van der Waals surface area contributed by atoms with Gasteiger partial charge in [-0.2, -0.15) is 0 Å². The van der Waals surface area contributed by atoms with Gasteiger partial charge in [-0.25, -0.2) is 0 Å². The molecule has 3 rings (SSSR count). The van der Waals surface area contributed by atoms with Crippen LogP contribution in [0, 0.1) is 5.92 Å². The fourth-order valence-electron chi connectivity index (χ4n) is 4.46. The van der Waals surface area contributed by atoms with Crippen molar-refractivity contribution in [3.05, 3.63) is 0 Å². The minimum Gasteiger partial charge on any atom is -0.329 e. The van der Waals surface area contributed by atoms with E-state index >= 15 is 0 Å². The second kappa shape index (κ2) is 4.69. The van der Waals surface area contributed by atoms with Crippen LogP contribution in [0.3, 0.4) is 0 Å². The van der Waals surface area contributed by atoms with Crippen molar-refractivity contribution in [2.24, 2.45) is 11.7 Å². The van der Waals surface area contributed by atoms with E-state index in [1.807, 2.05) is 0 Å². The largest absolute Gasteiger partial charge is 0.329 e. The van der Waals surface area contributed by atoms with Crippen molar-refractivity contribution in [3.8, 4) is 0 Å². The van der Waals surface area contributed by atoms with Crippen LogP contribution in [-0.4, -0.2) is 78.6 Å². The second-order valence-electron chi connectivity index (χ2n) is 7.50. The summed E-state index contributed by atoms with van der Waals surface area (Å²) in [5, 5.41) is 0. The van der Waals surface area contributed by atoms with E-state index in [1.165, 1.54) is 45.6 Å². The molecule has 3 fully saturated rings. The van der Waals surface area contributed by atoms with Gasteiger partial charge >= 0.3 is 0 Å². The zero-order valence-corrected chi connectivity index (χ0v) is 12.9. The van der Waals surface area contributed by atoms with Gasteiger partial charge in [-0.1, -0.05) is 0 Å². The topological polar surface area (TPSA) is 35.7 Å². The van der Waals surface area contributed by atoms with E-state index in [2.05, 4.69) is 35.6 Å². The molecule has 4 heteroatoms. The Bertz CT molecular complexity index is 343. The monoisotopic (exact) mass is 266 g/mol. The predicted octanol–water partition coefficient (Wildman–Crippen LogP) is 0.436. The lowest BCUT2D eigenvalue weighted by Crippen LogP contribution is -2.69. The zero-order valence-electron chi connectivity index (χ0n) is 12.9. The number of fused-ring (bicyclic) bond motifs is 2. The molecule has 0 saturated carbocycles. The van der Waals surface area contributed by atoms with Gasteiger partial charge in [-0.3, -0.25) is 9.80 Å². The molecule has 3 atom stereocenters. The maximum absolute atomic E-state index is 6.30. The summed E-state index contributed by atoms with van der Waals surface area (Å²) >= 11 is 0. The Morgan fingerprint density at radius 1 is 1.16 bits per heavy atom. The molecule has 0 radical (unpaired) electrons. The van der Waals surface area contributed by atoms with E-state index in [4.69, 9.17) is 5.73 Å². The molecule has 19 heavy (non-hydrogen) atoms. The Hall–Kier alpha value is -0.160. The van der Waals surface area contributed by atoms with Gasteiger partial charge in [0.25, 0.3) is 0 Å². The first-order valence-electron chi connectivity index (χ1n) is 7.87. The molecule has 2 bridgehead atoms. The average molecular weight is 266 g/mol. The molecule has 110 valence electrons. The van der Waals surface area contributed by atoms with Crippen LogP contribution in [0.15, 0.2) is 0 Å². The van der Waals surface area contributed by atoms with Gasteiger partial charge in [0.2, 0.25) is 0 Å². The van der Waals surface area contributed by atoms with Crippen LogP contribution >= 0.6 is 0 Å². The first-order chi connectivity index (χ1) is 8.98. The number of rotatable bonds is 2. The van der Waals surface area contributed by atoms with Gasteiger partial charge in [-0.15, -0.1) is 0 Å². The van der Waals surface area contributed by atoms with Crippen LogP contribution in [0.5, 0.6) is 0 Å². The molecule has 0 aromatic heterocycles. The lowest BCUT2D eigenvalue weighted by Gasteiger charge is -2.56. The van der Waals surface area contributed by atoms with Gasteiger partial charge in [0.15, 0.2) is 0 Å². The summed E-state index contributed by atoms with van der Waals surface area (Å²) in [6.45, 7) is 12.9. The van der Waals surface area contributed by atoms with Crippen molar-refractivity contribution in [1.29, 1.82) is 0 Å². The van der Waals surface area contributed by atoms with Crippen LogP contribution in [-0.2, 0) is 0 Å². The molecule has 0 aromatic carbocycles. The Morgan fingerprint density at radius 3 is 2.63 bits per heavy atom. The third-order valence-electron chi connectivity index (χ3n) is 6.19. The molecule has 0 amide bonds. The Balaban J connectivity index is 1.82. The molecule has 3 aliphatic heterocycles. The van der Waals surface area contributed by atoms with Crippen LogP contribution in [0.4, 0.5) is 0 Å².